The molecule has 1 spiro atoms. The summed E-state index contributed by atoms with van der Waals surface area (Å²) in [6, 6.07) is 15.1. The molecule has 1 N–H and O–H groups in total. The predicted octanol–water partition coefficient (Wildman–Crippen LogP) is 4.38. The molecule has 2 aromatic rings. The number of alkyl halides is 3. The normalized spacial score (nSPS) is 21.1. The van der Waals surface area contributed by atoms with Gasteiger partial charge in [-0.15, -0.1) is 0 Å². The molecule has 2 aliphatic rings. The van der Waals surface area contributed by atoms with Gasteiger partial charge in [-0.05, 0) is 42.6 Å². The van der Waals surface area contributed by atoms with Crippen molar-refractivity contribution in [3.8, 4) is 6.07 Å². The lowest BCUT2D eigenvalue weighted by atomic mass is 9.86. The molecule has 2 heterocycles. The molecule has 0 bridgehead atoms. The third kappa shape index (κ3) is 4.89. The Balaban J connectivity index is 1.34. The van der Waals surface area contributed by atoms with Crippen LogP contribution in [0.5, 0.6) is 0 Å². The first-order chi connectivity index (χ1) is 15.3. The quantitative estimate of drug-likeness (QED) is 0.764. The fourth-order valence-corrected chi connectivity index (χ4v) is 4.79. The Hall–Kier alpha value is -3.05. The molecule has 2 aromatic carbocycles. The molecule has 2 amide bonds. The standard InChI is InChI=1S/C24H25F3N4O/c25-24(26,27)21-12-19(13-28)6-7-20(21)14-29-22(32)31-11-9-23(17-31)8-10-30(16-23)15-18-4-2-1-3-5-18/h1-7,12H,8-11,14-17H2,(H,29,32). The third-order valence-corrected chi connectivity index (χ3v) is 6.47. The third-order valence-electron chi connectivity index (χ3n) is 6.47. The van der Waals surface area contributed by atoms with E-state index in [1.807, 2.05) is 18.2 Å². The summed E-state index contributed by atoms with van der Waals surface area (Å²) in [5.74, 6) is 0. The largest absolute Gasteiger partial charge is 0.416 e. The van der Waals surface area contributed by atoms with E-state index in [9.17, 15) is 18.0 Å². The highest BCUT2D eigenvalue weighted by Gasteiger charge is 2.44. The second kappa shape index (κ2) is 8.83. The molecule has 0 saturated carbocycles. The number of amides is 2. The second-order valence-electron chi connectivity index (χ2n) is 8.76. The van der Waals surface area contributed by atoms with Crippen molar-refractivity contribution in [2.24, 2.45) is 5.41 Å². The van der Waals surface area contributed by atoms with Crippen LogP contribution in [0.3, 0.4) is 0 Å². The number of nitrogens with zero attached hydrogens (tertiary/aromatic N) is 3. The van der Waals surface area contributed by atoms with Crippen LogP contribution in [-0.2, 0) is 19.3 Å². The zero-order chi connectivity index (χ0) is 22.8. The molecule has 2 saturated heterocycles. The number of benzene rings is 2. The van der Waals surface area contributed by atoms with Gasteiger partial charge >= 0.3 is 12.2 Å². The lowest BCUT2D eigenvalue weighted by Gasteiger charge is -2.25. The lowest BCUT2D eigenvalue weighted by molar-refractivity contribution is -0.138. The number of carbonyl (C=O) groups is 1. The van der Waals surface area contributed by atoms with E-state index in [-0.39, 0.29) is 29.1 Å². The summed E-state index contributed by atoms with van der Waals surface area (Å²) in [6.07, 6.45) is -2.68. The summed E-state index contributed by atoms with van der Waals surface area (Å²) in [5, 5.41) is 11.5. The van der Waals surface area contributed by atoms with Crippen LogP contribution in [0.25, 0.3) is 0 Å². The summed E-state index contributed by atoms with van der Waals surface area (Å²) < 4.78 is 40.0. The Bertz CT molecular complexity index is 1020. The fourth-order valence-electron chi connectivity index (χ4n) is 4.79. The van der Waals surface area contributed by atoms with E-state index in [1.165, 1.54) is 17.7 Å². The minimum atomic E-state index is -4.59. The van der Waals surface area contributed by atoms with Crippen LogP contribution in [0.4, 0.5) is 18.0 Å². The molecule has 0 aliphatic carbocycles. The number of urea groups is 1. The summed E-state index contributed by atoms with van der Waals surface area (Å²) in [5.41, 5.74) is 0.323. The minimum absolute atomic E-state index is 0.0475. The average molecular weight is 442 g/mol. The number of carbonyl (C=O) groups excluding carboxylic acids is 1. The van der Waals surface area contributed by atoms with Crippen LogP contribution in [0.15, 0.2) is 48.5 Å². The molecule has 4 rings (SSSR count). The van der Waals surface area contributed by atoms with Crippen LogP contribution in [0, 0.1) is 16.7 Å². The molecule has 1 atom stereocenters. The highest BCUT2D eigenvalue weighted by molar-refractivity contribution is 5.74. The highest BCUT2D eigenvalue weighted by atomic mass is 19.4. The maximum Gasteiger partial charge on any atom is 0.416 e. The fraction of sp³-hybridized carbons (Fsp3) is 0.417. The van der Waals surface area contributed by atoms with Crippen LogP contribution >= 0.6 is 0 Å². The maximum atomic E-state index is 13.3. The van der Waals surface area contributed by atoms with E-state index < -0.39 is 11.7 Å². The maximum absolute atomic E-state index is 13.3. The first kappa shape index (κ1) is 22.2. The Labute approximate surface area is 185 Å². The molecule has 32 heavy (non-hydrogen) atoms. The van der Waals surface area contributed by atoms with E-state index >= 15 is 0 Å². The Kier molecular flexibility index (Phi) is 6.11. The summed E-state index contributed by atoms with van der Waals surface area (Å²) >= 11 is 0. The average Bonchev–Trinajstić information content (AvgIpc) is 3.38. The minimum Gasteiger partial charge on any atom is -0.334 e. The topological polar surface area (TPSA) is 59.4 Å². The van der Waals surface area contributed by atoms with Crippen LogP contribution in [0.2, 0.25) is 0 Å². The summed E-state index contributed by atoms with van der Waals surface area (Å²) in [4.78, 5) is 16.8. The molecular formula is C24H25F3N4O. The van der Waals surface area contributed by atoms with Gasteiger partial charge in [-0.1, -0.05) is 36.4 Å². The second-order valence-corrected chi connectivity index (χ2v) is 8.76. The Morgan fingerprint density at radius 2 is 1.84 bits per heavy atom. The van der Waals surface area contributed by atoms with Crippen molar-refractivity contribution in [3.05, 3.63) is 70.8 Å². The first-order valence-corrected chi connectivity index (χ1v) is 10.7. The zero-order valence-corrected chi connectivity index (χ0v) is 17.7. The number of hydrogen-bond donors (Lipinski definition) is 1. The highest BCUT2D eigenvalue weighted by Crippen LogP contribution is 2.40. The number of rotatable bonds is 4. The molecule has 0 aromatic heterocycles. The molecule has 2 aliphatic heterocycles. The van der Waals surface area contributed by atoms with Gasteiger partial charge in [-0.3, -0.25) is 4.90 Å². The van der Waals surface area contributed by atoms with Gasteiger partial charge in [0.1, 0.15) is 0 Å². The summed E-state index contributed by atoms with van der Waals surface area (Å²) in [6.45, 7) is 3.76. The number of hydrogen-bond acceptors (Lipinski definition) is 3. The van der Waals surface area contributed by atoms with Gasteiger partial charge in [-0.25, -0.2) is 4.79 Å². The van der Waals surface area contributed by atoms with E-state index in [0.29, 0.717) is 13.1 Å². The number of nitrogens with one attached hydrogen (secondary N) is 1. The van der Waals surface area contributed by atoms with Crippen molar-refractivity contribution in [2.75, 3.05) is 26.2 Å². The van der Waals surface area contributed by atoms with Crippen LogP contribution in [-0.4, -0.2) is 42.0 Å². The van der Waals surface area contributed by atoms with Crippen molar-refractivity contribution in [2.45, 2.75) is 32.1 Å². The van der Waals surface area contributed by atoms with E-state index in [0.717, 1.165) is 38.5 Å². The molecule has 168 valence electrons. The molecule has 0 radical (unpaired) electrons. The molecular weight excluding hydrogens is 417 g/mol. The van der Waals surface area contributed by atoms with Gasteiger partial charge < -0.3 is 10.2 Å². The van der Waals surface area contributed by atoms with Gasteiger partial charge in [0.25, 0.3) is 0 Å². The molecule has 2 fully saturated rings. The monoisotopic (exact) mass is 442 g/mol. The lowest BCUT2D eigenvalue weighted by Crippen LogP contribution is -2.40. The first-order valence-electron chi connectivity index (χ1n) is 10.7. The number of nitriles is 1. The number of likely N-dealkylation sites (tertiary alicyclic amines) is 2. The van der Waals surface area contributed by atoms with Crippen molar-refractivity contribution in [3.63, 3.8) is 0 Å². The van der Waals surface area contributed by atoms with E-state index in [2.05, 4.69) is 22.3 Å². The van der Waals surface area contributed by atoms with Crippen molar-refractivity contribution in [1.29, 1.82) is 5.26 Å². The van der Waals surface area contributed by atoms with Gasteiger partial charge in [0.2, 0.25) is 0 Å². The molecule has 5 nitrogen and oxygen atoms in total. The number of halogens is 3. The van der Waals surface area contributed by atoms with Crippen molar-refractivity contribution >= 4 is 6.03 Å². The van der Waals surface area contributed by atoms with Gasteiger partial charge in [-0.2, -0.15) is 18.4 Å². The van der Waals surface area contributed by atoms with Crippen LogP contribution in [0.1, 0.15) is 35.1 Å². The van der Waals surface area contributed by atoms with Gasteiger partial charge in [0.15, 0.2) is 0 Å². The summed E-state index contributed by atoms with van der Waals surface area (Å²) in [7, 11) is 0. The Morgan fingerprint density at radius 3 is 2.56 bits per heavy atom. The SMILES string of the molecule is N#Cc1ccc(CNC(=O)N2CCC3(CCN(Cc4ccccc4)C3)C2)c(C(F)(F)F)c1. The smallest absolute Gasteiger partial charge is 0.334 e. The zero-order valence-electron chi connectivity index (χ0n) is 17.7. The predicted molar refractivity (Wildman–Crippen MR) is 113 cm³/mol. The van der Waals surface area contributed by atoms with Crippen molar-refractivity contribution in [1.82, 2.24) is 15.1 Å². The van der Waals surface area contributed by atoms with Gasteiger partial charge in [0, 0.05) is 38.1 Å². The van der Waals surface area contributed by atoms with E-state index in [1.54, 1.807) is 11.0 Å². The van der Waals surface area contributed by atoms with Crippen LogP contribution < -0.4 is 5.32 Å². The molecule has 1 unspecified atom stereocenters. The molecule has 8 heteroatoms. The van der Waals surface area contributed by atoms with Gasteiger partial charge in [0.05, 0.1) is 17.2 Å². The Morgan fingerprint density at radius 1 is 1.09 bits per heavy atom. The van der Waals surface area contributed by atoms with E-state index in [4.69, 9.17) is 5.26 Å². The van der Waals surface area contributed by atoms with Crippen molar-refractivity contribution < 1.29 is 18.0 Å².